The first-order valence-corrected chi connectivity index (χ1v) is 8.64. The van der Waals surface area contributed by atoms with E-state index in [1.807, 2.05) is 27.7 Å². The molecular weight excluding hydrogens is 320 g/mol. The van der Waals surface area contributed by atoms with Crippen LogP contribution in [0.25, 0.3) is 0 Å². The Labute approximate surface area is 149 Å². The van der Waals surface area contributed by atoms with Crippen LogP contribution in [0, 0.1) is 23.7 Å². The maximum Gasteiger partial charge on any atom is 0.196 e. The van der Waals surface area contributed by atoms with Crippen LogP contribution in [0.15, 0.2) is 23.8 Å². The molecule has 0 aliphatic heterocycles. The Hall–Kier alpha value is -1.88. The maximum atomic E-state index is 12.8. The molecule has 0 saturated heterocycles. The number of aliphatic hydroxyl groups is 1. The zero-order chi connectivity index (χ0) is 19.5. The van der Waals surface area contributed by atoms with Crippen molar-refractivity contribution in [3.8, 4) is 0 Å². The fraction of sp³-hybridized carbons (Fsp3) is 0.600. The van der Waals surface area contributed by atoms with Gasteiger partial charge in [0.1, 0.15) is 5.92 Å². The van der Waals surface area contributed by atoms with Crippen LogP contribution >= 0.6 is 0 Å². The van der Waals surface area contributed by atoms with Gasteiger partial charge in [-0.05, 0) is 32.3 Å². The SMILES string of the molecule is CC(C)=CCC1C(=O)C(C(=O)C(C)C)C(=O)C1(O)C(=O)/C=C/C(C)C. The molecule has 1 N–H and O–H groups in total. The van der Waals surface area contributed by atoms with Crippen LogP contribution in [0.3, 0.4) is 0 Å². The smallest absolute Gasteiger partial charge is 0.196 e. The molecule has 3 atom stereocenters. The number of rotatable bonds is 7. The summed E-state index contributed by atoms with van der Waals surface area (Å²) in [5.41, 5.74) is -1.57. The van der Waals surface area contributed by atoms with Gasteiger partial charge < -0.3 is 5.11 Å². The van der Waals surface area contributed by atoms with Crippen LogP contribution in [-0.2, 0) is 19.2 Å². The number of hydrogen-bond donors (Lipinski definition) is 1. The first-order chi connectivity index (χ1) is 11.4. The van der Waals surface area contributed by atoms with Gasteiger partial charge >= 0.3 is 0 Å². The molecule has 0 aromatic rings. The fourth-order valence-corrected chi connectivity index (χ4v) is 2.87. The van der Waals surface area contributed by atoms with Gasteiger partial charge in [-0.1, -0.05) is 45.4 Å². The molecule has 5 heteroatoms. The minimum atomic E-state index is -2.47. The number of allylic oxidation sites excluding steroid dienone is 3. The van der Waals surface area contributed by atoms with E-state index in [1.54, 1.807) is 26.0 Å². The van der Waals surface area contributed by atoms with Crippen molar-refractivity contribution in [3.05, 3.63) is 23.8 Å². The molecule has 0 aromatic carbocycles. The van der Waals surface area contributed by atoms with Crippen LogP contribution in [0.2, 0.25) is 0 Å². The number of Topliss-reactive ketones (excluding diaryl/α,β-unsaturated/α-hetero) is 3. The molecule has 5 nitrogen and oxygen atoms in total. The Morgan fingerprint density at radius 2 is 1.72 bits per heavy atom. The minimum absolute atomic E-state index is 0.0454. The summed E-state index contributed by atoms with van der Waals surface area (Å²) in [6, 6.07) is 0. The van der Waals surface area contributed by atoms with Gasteiger partial charge in [0.15, 0.2) is 28.7 Å². The van der Waals surface area contributed by atoms with Gasteiger partial charge in [-0.25, -0.2) is 0 Å². The van der Waals surface area contributed by atoms with Crippen molar-refractivity contribution in [1.82, 2.24) is 0 Å². The first-order valence-electron chi connectivity index (χ1n) is 8.64. The lowest BCUT2D eigenvalue weighted by Crippen LogP contribution is -2.49. The molecule has 1 aliphatic rings. The van der Waals surface area contributed by atoms with E-state index in [0.29, 0.717) is 0 Å². The molecule has 1 rings (SSSR count). The molecule has 1 aliphatic carbocycles. The summed E-state index contributed by atoms with van der Waals surface area (Å²) in [5, 5.41) is 10.9. The van der Waals surface area contributed by atoms with Crippen LogP contribution in [-0.4, -0.2) is 33.8 Å². The first kappa shape index (κ1) is 21.2. The lowest BCUT2D eigenvalue weighted by atomic mass is 9.82. The lowest BCUT2D eigenvalue weighted by Gasteiger charge is -2.24. The third-order valence-electron chi connectivity index (χ3n) is 4.39. The zero-order valence-corrected chi connectivity index (χ0v) is 15.8. The minimum Gasteiger partial charge on any atom is -0.374 e. The molecule has 0 bridgehead atoms. The predicted molar refractivity (Wildman–Crippen MR) is 94.8 cm³/mol. The second kappa shape index (κ2) is 8.00. The molecule has 0 heterocycles. The molecule has 3 unspecified atom stereocenters. The standard InChI is InChI=1S/C20H28O5/c1-11(2)7-9-14-18(23)16(17(22)13(5)6)19(24)20(14,25)15(21)10-8-12(3)4/h7-8,10,12-14,16,25H,9H2,1-6H3/b10-8+. The highest BCUT2D eigenvalue weighted by molar-refractivity contribution is 6.35. The molecule has 0 amide bonds. The average molecular weight is 348 g/mol. The topological polar surface area (TPSA) is 88.5 Å². The molecule has 0 spiro atoms. The van der Waals surface area contributed by atoms with E-state index < -0.39 is 46.5 Å². The van der Waals surface area contributed by atoms with Crippen molar-refractivity contribution in [1.29, 1.82) is 0 Å². The van der Waals surface area contributed by atoms with Crippen molar-refractivity contribution < 1.29 is 24.3 Å². The van der Waals surface area contributed by atoms with Crippen molar-refractivity contribution in [3.63, 3.8) is 0 Å². The lowest BCUT2D eigenvalue weighted by molar-refractivity contribution is -0.151. The van der Waals surface area contributed by atoms with Crippen molar-refractivity contribution >= 4 is 23.1 Å². The van der Waals surface area contributed by atoms with Gasteiger partial charge in [-0.3, -0.25) is 19.2 Å². The summed E-state index contributed by atoms with van der Waals surface area (Å²) >= 11 is 0. The Bertz CT molecular complexity index is 634. The summed E-state index contributed by atoms with van der Waals surface area (Å²) in [4.78, 5) is 50.4. The summed E-state index contributed by atoms with van der Waals surface area (Å²) in [5.74, 6) is -6.30. The average Bonchev–Trinajstić information content (AvgIpc) is 2.69. The normalized spacial score (nSPS) is 26.8. The molecule has 1 saturated carbocycles. The Morgan fingerprint density at radius 3 is 2.16 bits per heavy atom. The molecule has 0 radical (unpaired) electrons. The Balaban J connectivity index is 3.39. The monoisotopic (exact) mass is 348 g/mol. The van der Waals surface area contributed by atoms with Crippen LogP contribution < -0.4 is 0 Å². The third-order valence-corrected chi connectivity index (χ3v) is 4.39. The van der Waals surface area contributed by atoms with E-state index in [0.717, 1.165) is 11.6 Å². The summed E-state index contributed by atoms with van der Waals surface area (Å²) in [6.45, 7) is 10.5. The Morgan fingerprint density at radius 1 is 1.16 bits per heavy atom. The largest absolute Gasteiger partial charge is 0.374 e. The van der Waals surface area contributed by atoms with E-state index in [1.165, 1.54) is 0 Å². The maximum absolute atomic E-state index is 12.8. The summed E-state index contributed by atoms with van der Waals surface area (Å²) in [7, 11) is 0. The summed E-state index contributed by atoms with van der Waals surface area (Å²) < 4.78 is 0. The quantitative estimate of drug-likeness (QED) is 0.434. The van der Waals surface area contributed by atoms with Crippen molar-refractivity contribution in [2.45, 2.75) is 53.6 Å². The fourth-order valence-electron chi connectivity index (χ4n) is 2.87. The van der Waals surface area contributed by atoms with E-state index >= 15 is 0 Å². The molecule has 1 fully saturated rings. The van der Waals surface area contributed by atoms with Gasteiger partial charge in [0.05, 0.1) is 5.92 Å². The molecule has 138 valence electrons. The summed E-state index contributed by atoms with van der Waals surface area (Å²) in [6.07, 6.45) is 4.45. The number of ketones is 4. The van der Waals surface area contributed by atoms with Gasteiger partial charge in [0.25, 0.3) is 0 Å². The van der Waals surface area contributed by atoms with Gasteiger partial charge in [-0.15, -0.1) is 0 Å². The van der Waals surface area contributed by atoms with Crippen molar-refractivity contribution in [2.75, 3.05) is 0 Å². The van der Waals surface area contributed by atoms with Crippen molar-refractivity contribution in [2.24, 2.45) is 23.7 Å². The van der Waals surface area contributed by atoms with Gasteiger partial charge in [0, 0.05) is 5.92 Å². The highest BCUT2D eigenvalue weighted by Crippen LogP contribution is 2.39. The number of carbonyl (C=O) groups excluding carboxylic acids is 4. The molecule has 0 aromatic heterocycles. The predicted octanol–water partition coefficient (Wildman–Crippen LogP) is 2.46. The number of hydrogen-bond acceptors (Lipinski definition) is 5. The second-order valence-corrected chi connectivity index (χ2v) is 7.56. The van der Waals surface area contributed by atoms with Crippen LogP contribution in [0.4, 0.5) is 0 Å². The number of carbonyl (C=O) groups is 4. The van der Waals surface area contributed by atoms with Crippen LogP contribution in [0.5, 0.6) is 0 Å². The highest BCUT2D eigenvalue weighted by Gasteiger charge is 2.64. The van der Waals surface area contributed by atoms with Gasteiger partial charge in [-0.2, -0.15) is 0 Å². The highest BCUT2D eigenvalue weighted by atomic mass is 16.3. The van der Waals surface area contributed by atoms with Crippen LogP contribution in [0.1, 0.15) is 48.0 Å². The Kier molecular flexibility index (Phi) is 6.77. The van der Waals surface area contributed by atoms with Gasteiger partial charge in [0.2, 0.25) is 0 Å². The van der Waals surface area contributed by atoms with E-state index in [4.69, 9.17) is 0 Å². The second-order valence-electron chi connectivity index (χ2n) is 7.56. The van der Waals surface area contributed by atoms with E-state index in [2.05, 4.69) is 0 Å². The van der Waals surface area contributed by atoms with E-state index in [-0.39, 0.29) is 12.3 Å². The van der Waals surface area contributed by atoms with E-state index in [9.17, 15) is 24.3 Å². The molecule has 25 heavy (non-hydrogen) atoms. The zero-order valence-electron chi connectivity index (χ0n) is 15.8. The molecular formula is C20H28O5. The third kappa shape index (κ3) is 4.21.